The molecular weight excluding hydrogens is 367 g/mol. The molecule has 150 valence electrons. The average Bonchev–Trinajstić information content (AvgIpc) is 3.06. The summed E-state index contributed by atoms with van der Waals surface area (Å²) in [5, 5.41) is 7.77. The predicted molar refractivity (Wildman–Crippen MR) is 98.8 cm³/mol. The highest BCUT2D eigenvalue weighted by atomic mass is 32.1. The molecule has 0 aromatic carbocycles. The number of likely N-dealkylation sites (N-methyl/N-ethyl adjacent to an activating group) is 1. The molecule has 2 N–H and O–H groups in total. The van der Waals surface area contributed by atoms with Crippen molar-refractivity contribution in [1.82, 2.24) is 20.5 Å². The van der Waals surface area contributed by atoms with Crippen LogP contribution in [0, 0.1) is 0 Å². The van der Waals surface area contributed by atoms with E-state index in [1.165, 1.54) is 0 Å². The van der Waals surface area contributed by atoms with E-state index in [0.29, 0.717) is 37.1 Å². The first kappa shape index (κ1) is 22.7. The Morgan fingerprint density at radius 1 is 1.35 bits per heavy atom. The molecule has 0 saturated carbocycles. The van der Waals surface area contributed by atoms with Crippen molar-refractivity contribution in [2.75, 3.05) is 53.5 Å². The van der Waals surface area contributed by atoms with Crippen LogP contribution >= 0.6 is 11.3 Å². The number of guanidine groups is 1. The Hall–Kier alpha value is -1.39. The van der Waals surface area contributed by atoms with Crippen molar-refractivity contribution in [3.63, 3.8) is 0 Å². The highest BCUT2D eigenvalue weighted by Gasteiger charge is 2.33. The number of aromatic nitrogens is 1. The maximum absolute atomic E-state index is 12.5. The third-order valence-electron chi connectivity index (χ3n) is 3.46. The van der Waals surface area contributed by atoms with Gasteiger partial charge in [-0.15, -0.1) is 11.3 Å². The molecule has 0 amide bonds. The lowest BCUT2D eigenvalue weighted by molar-refractivity contribution is -0.140. The number of aliphatic imine (C=N–C) groups is 1. The third kappa shape index (κ3) is 9.35. The largest absolute Gasteiger partial charge is 0.434 e. The lowest BCUT2D eigenvalue weighted by Gasteiger charge is -2.15. The van der Waals surface area contributed by atoms with Gasteiger partial charge in [0.15, 0.2) is 11.7 Å². The minimum atomic E-state index is -4.38. The molecule has 10 heteroatoms. The van der Waals surface area contributed by atoms with Gasteiger partial charge in [-0.05, 0) is 26.9 Å². The third-order valence-corrected chi connectivity index (χ3v) is 4.37. The maximum Gasteiger partial charge on any atom is 0.434 e. The number of nitrogens with zero attached hydrogens (tertiary/aromatic N) is 3. The number of halogens is 3. The molecule has 1 aromatic rings. The van der Waals surface area contributed by atoms with Crippen LogP contribution < -0.4 is 10.6 Å². The Bertz CT molecular complexity index is 536. The average molecular weight is 395 g/mol. The van der Waals surface area contributed by atoms with Crippen LogP contribution in [0.2, 0.25) is 0 Å². The molecule has 0 radical (unpaired) electrons. The molecule has 26 heavy (non-hydrogen) atoms. The molecule has 0 unspecified atom stereocenters. The number of alkyl halides is 3. The minimum absolute atomic E-state index is 0.422. The van der Waals surface area contributed by atoms with Crippen molar-refractivity contribution >= 4 is 17.3 Å². The second-order valence-corrected chi connectivity index (χ2v) is 6.65. The van der Waals surface area contributed by atoms with Gasteiger partial charge in [-0.3, -0.25) is 4.99 Å². The highest BCUT2D eigenvalue weighted by molar-refractivity contribution is 7.09. The summed E-state index contributed by atoms with van der Waals surface area (Å²) in [7, 11) is 3.72. The number of rotatable bonds is 11. The van der Waals surface area contributed by atoms with Gasteiger partial charge in [0.25, 0.3) is 0 Å². The maximum atomic E-state index is 12.5. The molecule has 0 fully saturated rings. The molecule has 0 aliphatic heterocycles. The van der Waals surface area contributed by atoms with Gasteiger partial charge in [0.05, 0.1) is 11.6 Å². The summed E-state index contributed by atoms with van der Waals surface area (Å²) in [5.74, 6) is 0.666. The highest BCUT2D eigenvalue weighted by Crippen LogP contribution is 2.29. The number of nitrogens with one attached hydrogen (secondary N) is 2. The number of thiazole rings is 1. The van der Waals surface area contributed by atoms with Gasteiger partial charge < -0.3 is 20.3 Å². The van der Waals surface area contributed by atoms with E-state index in [2.05, 4.69) is 25.5 Å². The molecule has 1 rings (SSSR count). The lowest BCUT2D eigenvalue weighted by atomic mass is 10.4. The van der Waals surface area contributed by atoms with Gasteiger partial charge in [-0.25, -0.2) is 4.98 Å². The van der Waals surface area contributed by atoms with E-state index in [0.717, 1.165) is 42.8 Å². The van der Waals surface area contributed by atoms with E-state index in [-0.39, 0.29) is 0 Å². The van der Waals surface area contributed by atoms with E-state index < -0.39 is 11.9 Å². The Morgan fingerprint density at radius 3 is 2.73 bits per heavy atom. The fraction of sp³-hybridized carbons (Fsp3) is 0.750. The van der Waals surface area contributed by atoms with E-state index in [1.54, 1.807) is 7.11 Å². The summed E-state index contributed by atoms with van der Waals surface area (Å²) in [6, 6.07) is 0. The molecule has 0 aliphatic carbocycles. The number of methoxy groups -OCH3 is 1. The Labute approximate surface area is 156 Å². The minimum Gasteiger partial charge on any atom is -0.383 e. The fourth-order valence-electron chi connectivity index (χ4n) is 2.08. The molecule has 0 aliphatic rings. The summed E-state index contributed by atoms with van der Waals surface area (Å²) in [6.45, 7) is 6.34. The summed E-state index contributed by atoms with van der Waals surface area (Å²) in [6.07, 6.45) is -3.04. The van der Waals surface area contributed by atoms with Crippen molar-refractivity contribution < 1.29 is 17.9 Å². The Balaban J connectivity index is 2.34. The molecule has 0 saturated heterocycles. The van der Waals surface area contributed by atoms with Crippen molar-refractivity contribution in [1.29, 1.82) is 0 Å². The Morgan fingerprint density at radius 2 is 2.12 bits per heavy atom. The standard InChI is InChI=1S/C16H28F3N5OS/c1-4-20-15(21-7-5-9-24(2)10-11-25-3)22-8-6-14-23-13(12-26-14)16(17,18)19/h12H,4-11H2,1-3H3,(H2,20,21,22). The second-order valence-electron chi connectivity index (χ2n) is 5.71. The van der Waals surface area contributed by atoms with Gasteiger partial charge in [-0.2, -0.15) is 13.2 Å². The van der Waals surface area contributed by atoms with E-state index in [4.69, 9.17) is 4.74 Å². The normalized spacial score (nSPS) is 12.7. The zero-order chi connectivity index (χ0) is 19.4. The molecular formula is C16H28F3N5OS. The Kier molecular flexibility index (Phi) is 10.5. The fourth-order valence-corrected chi connectivity index (χ4v) is 2.88. The molecule has 0 atom stereocenters. The van der Waals surface area contributed by atoms with Crippen LogP contribution in [0.15, 0.2) is 10.4 Å². The number of hydrogen-bond acceptors (Lipinski definition) is 5. The zero-order valence-electron chi connectivity index (χ0n) is 15.5. The van der Waals surface area contributed by atoms with Crippen LogP contribution in [0.1, 0.15) is 24.0 Å². The van der Waals surface area contributed by atoms with Gasteiger partial charge in [0.2, 0.25) is 0 Å². The number of hydrogen-bond donors (Lipinski definition) is 2. The molecule has 0 bridgehead atoms. The van der Waals surface area contributed by atoms with Crippen molar-refractivity contribution in [3.8, 4) is 0 Å². The van der Waals surface area contributed by atoms with Crippen LogP contribution in [0.5, 0.6) is 0 Å². The molecule has 0 spiro atoms. The van der Waals surface area contributed by atoms with Gasteiger partial charge in [0, 0.05) is 45.1 Å². The summed E-state index contributed by atoms with van der Waals surface area (Å²) < 4.78 is 42.7. The van der Waals surface area contributed by atoms with Crippen LogP contribution in [-0.2, 0) is 17.3 Å². The molecule has 1 aromatic heterocycles. The van der Waals surface area contributed by atoms with Crippen LogP contribution in [0.4, 0.5) is 13.2 Å². The topological polar surface area (TPSA) is 61.8 Å². The summed E-state index contributed by atoms with van der Waals surface area (Å²) in [4.78, 5) is 10.3. The summed E-state index contributed by atoms with van der Waals surface area (Å²) >= 11 is 1.03. The van der Waals surface area contributed by atoms with E-state index in [1.807, 2.05) is 14.0 Å². The second kappa shape index (κ2) is 12.1. The first-order chi connectivity index (χ1) is 12.4. The van der Waals surface area contributed by atoms with Crippen LogP contribution in [0.3, 0.4) is 0 Å². The number of ether oxygens (including phenoxy) is 1. The first-order valence-electron chi connectivity index (χ1n) is 8.58. The predicted octanol–water partition coefficient (Wildman–Crippen LogP) is 2.23. The van der Waals surface area contributed by atoms with Crippen molar-refractivity contribution in [3.05, 3.63) is 16.1 Å². The van der Waals surface area contributed by atoms with Crippen LogP contribution in [-0.4, -0.2) is 69.3 Å². The SMILES string of the molecule is CCNC(=NCCCN(C)CCOC)NCCc1nc(C(F)(F)F)cs1. The lowest BCUT2D eigenvalue weighted by Crippen LogP contribution is -2.38. The summed E-state index contributed by atoms with van der Waals surface area (Å²) in [5.41, 5.74) is -0.823. The van der Waals surface area contributed by atoms with Crippen LogP contribution in [0.25, 0.3) is 0 Å². The van der Waals surface area contributed by atoms with Crippen molar-refractivity contribution in [2.45, 2.75) is 25.9 Å². The van der Waals surface area contributed by atoms with Gasteiger partial charge >= 0.3 is 6.18 Å². The van der Waals surface area contributed by atoms with Gasteiger partial charge in [-0.1, -0.05) is 0 Å². The smallest absolute Gasteiger partial charge is 0.383 e. The van der Waals surface area contributed by atoms with E-state index in [9.17, 15) is 13.2 Å². The zero-order valence-corrected chi connectivity index (χ0v) is 16.3. The first-order valence-corrected chi connectivity index (χ1v) is 9.46. The van der Waals surface area contributed by atoms with E-state index >= 15 is 0 Å². The monoisotopic (exact) mass is 395 g/mol. The van der Waals surface area contributed by atoms with Crippen molar-refractivity contribution in [2.24, 2.45) is 4.99 Å². The molecule has 1 heterocycles. The quantitative estimate of drug-likeness (QED) is 0.342. The van der Waals surface area contributed by atoms with Gasteiger partial charge in [0.1, 0.15) is 0 Å². The molecule has 6 nitrogen and oxygen atoms in total.